The summed E-state index contributed by atoms with van der Waals surface area (Å²) in [6.07, 6.45) is 6.93. The summed E-state index contributed by atoms with van der Waals surface area (Å²) in [5, 5.41) is 3.65. The van der Waals surface area contributed by atoms with Crippen LogP contribution in [0.4, 0.5) is 11.4 Å². The van der Waals surface area contributed by atoms with Crippen LogP contribution in [0.15, 0.2) is 54.6 Å². The maximum absolute atomic E-state index is 12.3. The standard InChI is InChI=1S/C20H21ClN2O/c21-17-10-7-11-18(20(17)23-14-5-2-6-15-23)22-19(24)13-12-16-8-3-1-4-9-16/h1,3-4,7-13H,2,5-6,14-15H2,(H,22,24). The molecule has 3 rings (SSSR count). The first kappa shape index (κ1) is 16.6. The Morgan fingerprint density at radius 1 is 1.00 bits per heavy atom. The van der Waals surface area contributed by atoms with E-state index in [1.807, 2.05) is 48.5 Å². The lowest BCUT2D eigenvalue weighted by atomic mass is 10.1. The van der Waals surface area contributed by atoms with Gasteiger partial charge in [0, 0.05) is 19.2 Å². The molecule has 1 amide bonds. The van der Waals surface area contributed by atoms with E-state index in [9.17, 15) is 4.79 Å². The van der Waals surface area contributed by atoms with E-state index in [0.29, 0.717) is 5.02 Å². The van der Waals surface area contributed by atoms with Crippen LogP contribution in [0.2, 0.25) is 5.02 Å². The first-order valence-corrected chi connectivity index (χ1v) is 8.69. The van der Waals surface area contributed by atoms with Crippen LogP contribution in [0.5, 0.6) is 0 Å². The molecule has 3 nitrogen and oxygen atoms in total. The van der Waals surface area contributed by atoms with Gasteiger partial charge < -0.3 is 10.2 Å². The Balaban J connectivity index is 1.76. The molecule has 1 heterocycles. The second-order valence-corrected chi connectivity index (χ2v) is 6.32. The molecule has 4 heteroatoms. The molecule has 2 aromatic carbocycles. The van der Waals surface area contributed by atoms with Crippen molar-refractivity contribution in [2.75, 3.05) is 23.3 Å². The van der Waals surface area contributed by atoms with Gasteiger partial charge in [0.25, 0.3) is 0 Å². The number of halogens is 1. The van der Waals surface area contributed by atoms with E-state index in [4.69, 9.17) is 11.6 Å². The Bertz CT molecular complexity index is 722. The third kappa shape index (κ3) is 4.18. The Kier molecular flexibility index (Phi) is 5.55. The minimum Gasteiger partial charge on any atom is -0.369 e. The smallest absolute Gasteiger partial charge is 0.248 e. The van der Waals surface area contributed by atoms with E-state index < -0.39 is 0 Å². The predicted molar refractivity (Wildman–Crippen MR) is 102 cm³/mol. The van der Waals surface area contributed by atoms with Gasteiger partial charge >= 0.3 is 0 Å². The Morgan fingerprint density at radius 2 is 1.75 bits per heavy atom. The highest BCUT2D eigenvalue weighted by atomic mass is 35.5. The molecule has 0 aromatic heterocycles. The van der Waals surface area contributed by atoms with Crippen molar-refractivity contribution in [3.8, 4) is 0 Å². The lowest BCUT2D eigenvalue weighted by Gasteiger charge is -2.31. The summed E-state index contributed by atoms with van der Waals surface area (Å²) in [7, 11) is 0. The number of hydrogen-bond donors (Lipinski definition) is 1. The molecule has 1 saturated heterocycles. The molecule has 0 unspecified atom stereocenters. The molecule has 1 aliphatic rings. The van der Waals surface area contributed by atoms with Gasteiger partial charge in [0.05, 0.1) is 16.4 Å². The molecular weight excluding hydrogens is 320 g/mol. The highest BCUT2D eigenvalue weighted by Gasteiger charge is 2.18. The molecule has 0 aliphatic carbocycles. The maximum Gasteiger partial charge on any atom is 0.248 e. The molecule has 1 N–H and O–H groups in total. The maximum atomic E-state index is 12.3. The minimum atomic E-state index is -0.153. The average molecular weight is 341 g/mol. The fraction of sp³-hybridized carbons (Fsp3) is 0.250. The van der Waals surface area contributed by atoms with Crippen LogP contribution in [0.25, 0.3) is 6.08 Å². The molecule has 0 bridgehead atoms. The molecule has 0 saturated carbocycles. The molecule has 1 fully saturated rings. The van der Waals surface area contributed by atoms with Gasteiger partial charge in [0.2, 0.25) is 5.91 Å². The molecule has 124 valence electrons. The summed E-state index contributed by atoms with van der Waals surface area (Å²) in [5.74, 6) is -0.153. The first-order chi connectivity index (χ1) is 11.7. The van der Waals surface area contributed by atoms with Crippen molar-refractivity contribution in [2.24, 2.45) is 0 Å². The highest BCUT2D eigenvalue weighted by Crippen LogP contribution is 2.35. The predicted octanol–water partition coefficient (Wildman–Crippen LogP) is 4.98. The highest BCUT2D eigenvalue weighted by molar-refractivity contribution is 6.34. The van der Waals surface area contributed by atoms with E-state index >= 15 is 0 Å². The number of hydrogen-bond acceptors (Lipinski definition) is 2. The number of nitrogens with zero attached hydrogens (tertiary/aromatic N) is 1. The summed E-state index contributed by atoms with van der Waals surface area (Å²) in [6.45, 7) is 1.96. The number of carbonyl (C=O) groups is 1. The fourth-order valence-corrected chi connectivity index (χ4v) is 3.26. The van der Waals surface area contributed by atoms with Gasteiger partial charge in [-0.05, 0) is 43.0 Å². The largest absolute Gasteiger partial charge is 0.369 e. The summed E-state index contributed by atoms with van der Waals surface area (Å²) in [4.78, 5) is 14.5. The van der Waals surface area contributed by atoms with E-state index in [0.717, 1.165) is 42.9 Å². The van der Waals surface area contributed by atoms with E-state index in [1.165, 1.54) is 6.42 Å². The van der Waals surface area contributed by atoms with Crippen molar-refractivity contribution in [3.63, 3.8) is 0 Å². The molecular formula is C20H21ClN2O. The van der Waals surface area contributed by atoms with Crippen LogP contribution in [0.3, 0.4) is 0 Å². The monoisotopic (exact) mass is 340 g/mol. The molecule has 0 radical (unpaired) electrons. The van der Waals surface area contributed by atoms with Crippen molar-refractivity contribution in [1.29, 1.82) is 0 Å². The number of rotatable bonds is 4. The Labute approximate surface area is 147 Å². The zero-order valence-corrected chi connectivity index (χ0v) is 14.3. The van der Waals surface area contributed by atoms with Gasteiger partial charge in [0.1, 0.15) is 0 Å². The van der Waals surface area contributed by atoms with Crippen molar-refractivity contribution in [3.05, 3.63) is 65.2 Å². The zero-order valence-electron chi connectivity index (χ0n) is 13.5. The minimum absolute atomic E-state index is 0.153. The molecule has 24 heavy (non-hydrogen) atoms. The zero-order chi connectivity index (χ0) is 16.8. The topological polar surface area (TPSA) is 32.3 Å². The van der Waals surface area contributed by atoms with Crippen LogP contribution in [-0.4, -0.2) is 19.0 Å². The van der Waals surface area contributed by atoms with Crippen molar-refractivity contribution < 1.29 is 4.79 Å². The third-order valence-corrected chi connectivity index (χ3v) is 4.45. The van der Waals surface area contributed by atoms with Gasteiger partial charge in [-0.3, -0.25) is 4.79 Å². The second-order valence-electron chi connectivity index (χ2n) is 5.92. The van der Waals surface area contributed by atoms with Crippen LogP contribution in [0.1, 0.15) is 24.8 Å². The SMILES string of the molecule is O=C(C=Cc1ccccc1)Nc1cccc(Cl)c1N1CCCCC1. The lowest BCUT2D eigenvalue weighted by Crippen LogP contribution is -2.30. The third-order valence-electron chi connectivity index (χ3n) is 4.14. The summed E-state index contributed by atoms with van der Waals surface area (Å²) < 4.78 is 0. The number of nitrogens with one attached hydrogen (secondary N) is 1. The Morgan fingerprint density at radius 3 is 2.50 bits per heavy atom. The normalized spacial score (nSPS) is 14.8. The average Bonchev–Trinajstić information content (AvgIpc) is 2.62. The van der Waals surface area contributed by atoms with Crippen LogP contribution < -0.4 is 10.2 Å². The molecule has 2 aromatic rings. The van der Waals surface area contributed by atoms with Crippen molar-refractivity contribution in [2.45, 2.75) is 19.3 Å². The molecule has 0 atom stereocenters. The van der Waals surface area contributed by atoms with E-state index in [2.05, 4.69) is 10.2 Å². The number of carbonyl (C=O) groups excluding carboxylic acids is 1. The van der Waals surface area contributed by atoms with Gasteiger partial charge in [-0.15, -0.1) is 0 Å². The van der Waals surface area contributed by atoms with Crippen molar-refractivity contribution in [1.82, 2.24) is 0 Å². The van der Waals surface area contributed by atoms with Gasteiger partial charge in [-0.2, -0.15) is 0 Å². The van der Waals surface area contributed by atoms with E-state index in [-0.39, 0.29) is 5.91 Å². The summed E-state index contributed by atoms with van der Waals surface area (Å²) in [5.41, 5.74) is 2.70. The summed E-state index contributed by atoms with van der Waals surface area (Å²) in [6, 6.07) is 15.4. The van der Waals surface area contributed by atoms with Crippen LogP contribution in [-0.2, 0) is 4.79 Å². The van der Waals surface area contributed by atoms with Gasteiger partial charge in [-0.25, -0.2) is 0 Å². The quantitative estimate of drug-likeness (QED) is 0.796. The van der Waals surface area contributed by atoms with Crippen LogP contribution >= 0.6 is 11.6 Å². The van der Waals surface area contributed by atoms with Gasteiger partial charge in [0.15, 0.2) is 0 Å². The number of para-hydroxylation sites is 1. The number of anilines is 2. The first-order valence-electron chi connectivity index (χ1n) is 8.31. The lowest BCUT2D eigenvalue weighted by molar-refractivity contribution is -0.111. The van der Waals surface area contributed by atoms with Gasteiger partial charge in [-0.1, -0.05) is 48.0 Å². The van der Waals surface area contributed by atoms with Crippen LogP contribution in [0, 0.1) is 0 Å². The molecule has 0 spiro atoms. The molecule has 1 aliphatic heterocycles. The summed E-state index contributed by atoms with van der Waals surface area (Å²) >= 11 is 6.41. The second kappa shape index (κ2) is 8.02. The van der Waals surface area contributed by atoms with E-state index in [1.54, 1.807) is 12.2 Å². The number of piperidine rings is 1. The fourth-order valence-electron chi connectivity index (χ4n) is 2.97. The number of benzene rings is 2. The number of amides is 1. The Hall–Kier alpha value is -2.26. The van der Waals surface area contributed by atoms with Crippen molar-refractivity contribution >= 4 is 35.0 Å².